The summed E-state index contributed by atoms with van der Waals surface area (Å²) in [5.74, 6) is 0.745. The van der Waals surface area contributed by atoms with Crippen molar-refractivity contribution in [3.63, 3.8) is 0 Å². The van der Waals surface area contributed by atoms with Gasteiger partial charge in [0, 0.05) is 23.8 Å². The van der Waals surface area contributed by atoms with Crippen LogP contribution in [-0.2, 0) is 13.2 Å². The van der Waals surface area contributed by atoms with Gasteiger partial charge in [0.05, 0.1) is 11.2 Å². The number of benzene rings is 1. The fraction of sp³-hybridized carbons (Fsp3) is 0.176. The lowest BCUT2D eigenvalue weighted by atomic mass is 10.1. The van der Waals surface area contributed by atoms with Gasteiger partial charge in [0.2, 0.25) is 0 Å². The summed E-state index contributed by atoms with van der Waals surface area (Å²) in [6, 6.07) is 14.0. The van der Waals surface area contributed by atoms with Gasteiger partial charge in [0.1, 0.15) is 12.4 Å². The number of aryl methyl sites for hydroxylation is 1. The molecule has 106 valence electrons. The molecular weight excluding hydrogens is 262 g/mol. The summed E-state index contributed by atoms with van der Waals surface area (Å²) >= 11 is 0. The summed E-state index contributed by atoms with van der Waals surface area (Å²) in [5.41, 5.74) is 9.53. The standard InChI is InChI=1S/C17H17N3O/c1-12-4-7-17(16(10-18)20-12)21-11-13-5-6-15-14(9-13)3-2-8-19-15/h2-9H,10-11,18H2,1H3. The number of pyridine rings is 2. The molecule has 0 aliphatic rings. The summed E-state index contributed by atoms with van der Waals surface area (Å²) in [6.45, 7) is 2.81. The van der Waals surface area contributed by atoms with Gasteiger partial charge in [-0.3, -0.25) is 9.97 Å². The van der Waals surface area contributed by atoms with Gasteiger partial charge in [-0.05, 0) is 42.8 Å². The molecule has 0 amide bonds. The highest BCUT2D eigenvalue weighted by Crippen LogP contribution is 2.19. The number of rotatable bonds is 4. The van der Waals surface area contributed by atoms with Crippen molar-refractivity contribution in [2.45, 2.75) is 20.1 Å². The lowest BCUT2D eigenvalue weighted by Crippen LogP contribution is -2.05. The molecule has 0 fully saturated rings. The van der Waals surface area contributed by atoms with Crippen LogP contribution >= 0.6 is 0 Å². The molecule has 1 aromatic carbocycles. The van der Waals surface area contributed by atoms with E-state index in [2.05, 4.69) is 16.0 Å². The highest BCUT2D eigenvalue weighted by atomic mass is 16.5. The van der Waals surface area contributed by atoms with Gasteiger partial charge < -0.3 is 10.5 Å². The Morgan fingerprint density at radius 1 is 1.14 bits per heavy atom. The van der Waals surface area contributed by atoms with E-state index in [0.717, 1.165) is 33.6 Å². The van der Waals surface area contributed by atoms with Crippen LogP contribution in [0.15, 0.2) is 48.7 Å². The molecule has 0 spiro atoms. The Morgan fingerprint density at radius 3 is 2.90 bits per heavy atom. The lowest BCUT2D eigenvalue weighted by molar-refractivity contribution is 0.301. The maximum Gasteiger partial charge on any atom is 0.142 e. The first-order valence-corrected chi connectivity index (χ1v) is 6.89. The van der Waals surface area contributed by atoms with Crippen molar-refractivity contribution in [1.29, 1.82) is 0 Å². The number of aromatic nitrogens is 2. The minimum absolute atomic E-state index is 0.374. The third-order valence-corrected chi connectivity index (χ3v) is 3.33. The van der Waals surface area contributed by atoms with Crippen molar-refractivity contribution in [3.05, 3.63) is 65.6 Å². The second-order valence-electron chi connectivity index (χ2n) is 4.92. The first-order chi connectivity index (χ1) is 10.3. The fourth-order valence-electron chi connectivity index (χ4n) is 2.25. The van der Waals surface area contributed by atoms with Crippen molar-refractivity contribution in [2.24, 2.45) is 5.73 Å². The zero-order chi connectivity index (χ0) is 14.7. The van der Waals surface area contributed by atoms with Gasteiger partial charge in [-0.15, -0.1) is 0 Å². The van der Waals surface area contributed by atoms with Crippen LogP contribution in [-0.4, -0.2) is 9.97 Å². The molecule has 0 saturated heterocycles. The van der Waals surface area contributed by atoms with E-state index in [1.165, 1.54) is 0 Å². The van der Waals surface area contributed by atoms with Gasteiger partial charge in [-0.25, -0.2) is 0 Å². The molecule has 0 aliphatic heterocycles. The molecule has 0 unspecified atom stereocenters. The Bertz CT molecular complexity index is 771. The fourth-order valence-corrected chi connectivity index (χ4v) is 2.25. The van der Waals surface area contributed by atoms with E-state index in [1.54, 1.807) is 6.20 Å². The minimum atomic E-state index is 0.374. The Labute approximate surface area is 123 Å². The number of hydrogen-bond acceptors (Lipinski definition) is 4. The number of nitrogens with two attached hydrogens (primary N) is 1. The zero-order valence-electron chi connectivity index (χ0n) is 11.9. The van der Waals surface area contributed by atoms with E-state index in [4.69, 9.17) is 10.5 Å². The third kappa shape index (κ3) is 3.01. The molecule has 0 atom stereocenters. The number of ether oxygens (including phenoxy) is 1. The average Bonchev–Trinajstić information content (AvgIpc) is 2.53. The van der Waals surface area contributed by atoms with Gasteiger partial charge in [0.25, 0.3) is 0 Å². The summed E-state index contributed by atoms with van der Waals surface area (Å²) in [6.07, 6.45) is 1.80. The summed E-state index contributed by atoms with van der Waals surface area (Å²) in [7, 11) is 0. The Hall–Kier alpha value is -2.46. The number of hydrogen-bond donors (Lipinski definition) is 1. The van der Waals surface area contributed by atoms with Gasteiger partial charge in [0.15, 0.2) is 0 Å². The van der Waals surface area contributed by atoms with Crippen molar-refractivity contribution < 1.29 is 4.74 Å². The molecule has 0 saturated carbocycles. The molecule has 2 aromatic heterocycles. The molecule has 2 heterocycles. The monoisotopic (exact) mass is 279 g/mol. The van der Waals surface area contributed by atoms with Gasteiger partial charge in [-0.1, -0.05) is 12.1 Å². The number of fused-ring (bicyclic) bond motifs is 1. The first kappa shape index (κ1) is 13.5. The van der Waals surface area contributed by atoms with Crippen molar-refractivity contribution in [1.82, 2.24) is 9.97 Å². The first-order valence-electron chi connectivity index (χ1n) is 6.89. The van der Waals surface area contributed by atoms with Gasteiger partial charge >= 0.3 is 0 Å². The minimum Gasteiger partial charge on any atom is -0.487 e. The van der Waals surface area contributed by atoms with Crippen molar-refractivity contribution >= 4 is 10.9 Å². The molecule has 4 heteroatoms. The SMILES string of the molecule is Cc1ccc(OCc2ccc3ncccc3c2)c(CN)n1. The lowest BCUT2D eigenvalue weighted by Gasteiger charge is -2.11. The molecule has 3 rings (SSSR count). The molecule has 21 heavy (non-hydrogen) atoms. The van der Waals surface area contributed by atoms with Crippen LogP contribution in [0.4, 0.5) is 0 Å². The van der Waals surface area contributed by atoms with Gasteiger partial charge in [-0.2, -0.15) is 0 Å². The van der Waals surface area contributed by atoms with Crippen LogP contribution in [0.5, 0.6) is 5.75 Å². The zero-order valence-corrected chi connectivity index (χ0v) is 11.9. The van der Waals surface area contributed by atoms with Crippen LogP contribution in [0.2, 0.25) is 0 Å². The highest BCUT2D eigenvalue weighted by Gasteiger charge is 2.05. The van der Waals surface area contributed by atoms with Crippen LogP contribution in [0.1, 0.15) is 17.0 Å². The summed E-state index contributed by atoms with van der Waals surface area (Å²) < 4.78 is 5.86. The normalized spacial score (nSPS) is 10.8. The molecule has 0 radical (unpaired) electrons. The van der Waals surface area contributed by atoms with Crippen LogP contribution in [0, 0.1) is 6.92 Å². The largest absolute Gasteiger partial charge is 0.487 e. The Balaban J connectivity index is 1.80. The quantitative estimate of drug-likeness (QED) is 0.797. The second-order valence-corrected chi connectivity index (χ2v) is 4.92. The van der Waals surface area contributed by atoms with Crippen LogP contribution in [0.25, 0.3) is 10.9 Å². The molecule has 2 N–H and O–H groups in total. The summed E-state index contributed by atoms with van der Waals surface area (Å²) in [4.78, 5) is 8.70. The molecule has 0 bridgehead atoms. The van der Waals surface area contributed by atoms with E-state index in [0.29, 0.717) is 13.2 Å². The number of nitrogens with zero attached hydrogens (tertiary/aromatic N) is 2. The predicted molar refractivity (Wildman–Crippen MR) is 82.9 cm³/mol. The smallest absolute Gasteiger partial charge is 0.142 e. The average molecular weight is 279 g/mol. The Morgan fingerprint density at radius 2 is 2.05 bits per heavy atom. The van der Waals surface area contributed by atoms with E-state index in [1.807, 2.05) is 43.3 Å². The van der Waals surface area contributed by atoms with E-state index >= 15 is 0 Å². The Kier molecular flexibility index (Phi) is 3.79. The second kappa shape index (κ2) is 5.89. The van der Waals surface area contributed by atoms with Crippen molar-refractivity contribution in [3.8, 4) is 5.75 Å². The highest BCUT2D eigenvalue weighted by molar-refractivity contribution is 5.78. The van der Waals surface area contributed by atoms with E-state index in [-0.39, 0.29) is 0 Å². The molecular formula is C17H17N3O. The third-order valence-electron chi connectivity index (χ3n) is 3.33. The molecule has 0 aliphatic carbocycles. The topological polar surface area (TPSA) is 61.0 Å². The molecule has 4 nitrogen and oxygen atoms in total. The van der Waals surface area contributed by atoms with Crippen LogP contribution < -0.4 is 10.5 Å². The predicted octanol–water partition coefficient (Wildman–Crippen LogP) is 2.98. The van der Waals surface area contributed by atoms with E-state index < -0.39 is 0 Å². The van der Waals surface area contributed by atoms with Crippen LogP contribution in [0.3, 0.4) is 0 Å². The van der Waals surface area contributed by atoms with Crippen molar-refractivity contribution in [2.75, 3.05) is 0 Å². The maximum absolute atomic E-state index is 5.86. The van der Waals surface area contributed by atoms with E-state index in [9.17, 15) is 0 Å². The maximum atomic E-state index is 5.86. The molecule has 3 aromatic rings. The summed E-state index contributed by atoms with van der Waals surface area (Å²) in [5, 5.41) is 1.11.